The van der Waals surface area contributed by atoms with Gasteiger partial charge in [0.1, 0.15) is 0 Å². The Balaban J connectivity index is 1.67. The second-order valence-electron chi connectivity index (χ2n) is 7.70. The summed E-state index contributed by atoms with van der Waals surface area (Å²) in [5.74, 6) is -0.781. The number of carbonyl (C=O) groups is 1. The molecule has 32 heavy (non-hydrogen) atoms. The maximum absolute atomic E-state index is 10.9. The van der Waals surface area contributed by atoms with E-state index in [0.29, 0.717) is 31.1 Å². The van der Waals surface area contributed by atoms with E-state index in [2.05, 4.69) is 4.90 Å². The zero-order valence-electron chi connectivity index (χ0n) is 17.5. The molecule has 4 rings (SSSR count). The number of carboxylic acid groups (broad SMARTS) is 1. The fraction of sp³-hybridized carbons (Fsp3) is 0.333. The Morgan fingerprint density at radius 1 is 1.06 bits per heavy atom. The Morgan fingerprint density at radius 3 is 2.53 bits per heavy atom. The van der Waals surface area contributed by atoms with Crippen LogP contribution in [0.1, 0.15) is 30.5 Å². The summed E-state index contributed by atoms with van der Waals surface area (Å²) < 4.78 is 6.34. The van der Waals surface area contributed by atoms with Crippen molar-refractivity contribution in [3.8, 4) is 11.3 Å². The number of ether oxygens (including phenoxy) is 1. The van der Waals surface area contributed by atoms with Crippen molar-refractivity contribution >= 4 is 33.2 Å². The average molecular weight is 497 g/mol. The van der Waals surface area contributed by atoms with Crippen LogP contribution in [0.2, 0.25) is 5.02 Å². The molecule has 0 atom stereocenters. The number of nitrogens with zero attached hydrogens (tertiary/aromatic N) is 3. The van der Waals surface area contributed by atoms with E-state index in [1.165, 1.54) is 0 Å². The Kier molecular flexibility index (Phi) is 7.65. The fourth-order valence-electron chi connectivity index (χ4n) is 3.73. The zero-order chi connectivity index (χ0) is 22.5. The van der Waals surface area contributed by atoms with Gasteiger partial charge in [0.2, 0.25) is 0 Å². The fourth-order valence-corrected chi connectivity index (χ4v) is 4.25. The number of halogens is 1. The summed E-state index contributed by atoms with van der Waals surface area (Å²) in [6.45, 7) is 3.01. The van der Waals surface area contributed by atoms with E-state index in [1.807, 2.05) is 42.5 Å². The van der Waals surface area contributed by atoms with E-state index in [0.717, 1.165) is 57.6 Å². The Hall–Kier alpha value is -2.16. The van der Waals surface area contributed by atoms with Crippen molar-refractivity contribution in [2.75, 3.05) is 26.3 Å². The number of morpholine rings is 1. The third-order valence-corrected chi connectivity index (χ3v) is 6.29. The topological polar surface area (TPSA) is 75.5 Å². The molecule has 0 aliphatic carbocycles. The van der Waals surface area contributed by atoms with Crippen LogP contribution in [0.15, 0.2) is 42.5 Å². The van der Waals surface area contributed by atoms with Crippen LogP contribution in [-0.4, -0.2) is 56.8 Å². The van der Waals surface area contributed by atoms with Gasteiger partial charge in [0.15, 0.2) is 0 Å². The molecule has 169 valence electrons. The van der Waals surface area contributed by atoms with Gasteiger partial charge in [-0.05, 0) is 0 Å². The van der Waals surface area contributed by atoms with Gasteiger partial charge in [-0.1, -0.05) is 0 Å². The number of unbranched alkanes of at least 4 members (excludes halogenated alkanes) is 1. The second kappa shape index (κ2) is 10.6. The number of aromatic nitrogens is 2. The van der Waals surface area contributed by atoms with Crippen molar-refractivity contribution in [2.45, 2.75) is 25.7 Å². The van der Waals surface area contributed by atoms with Gasteiger partial charge >= 0.3 is 200 Å². The number of hydrogen-bond acceptors (Lipinski definition) is 5. The Labute approximate surface area is 199 Å². The molecular weight excluding hydrogens is 473 g/mol. The van der Waals surface area contributed by atoms with Crippen LogP contribution < -0.4 is 0 Å². The summed E-state index contributed by atoms with van der Waals surface area (Å²) in [6.07, 6.45) is 2.13. The van der Waals surface area contributed by atoms with Crippen LogP contribution >= 0.6 is 11.6 Å². The summed E-state index contributed by atoms with van der Waals surface area (Å²) in [7, 11) is 0. The first-order valence-electron chi connectivity index (χ1n) is 10.6. The predicted molar refractivity (Wildman–Crippen MR) is 122 cm³/mol. The number of aryl methyl sites for hydroxylation is 1. The van der Waals surface area contributed by atoms with Gasteiger partial charge in [0.05, 0.1) is 0 Å². The third kappa shape index (κ3) is 5.60. The molecule has 6 nitrogen and oxygen atoms in total. The molecule has 0 spiro atoms. The standard InChI is InChI=1S/C24H24ClN3O3.Co/c25-19-8-6-18(7-9-19)24-21(3-1-2-4-23(29)30)26-22-15-17(5-10-20(22)27-24)16-28-11-13-31-14-12-28;/h5-10,15H,1-4,11-14H2,(H,29,30);. The van der Waals surface area contributed by atoms with Crippen LogP contribution in [0.3, 0.4) is 0 Å². The predicted octanol–water partition coefficient (Wildman–Crippen LogP) is 4.10. The normalized spacial score (nSPS) is 14.6. The number of benzene rings is 2. The molecule has 2 heterocycles. The first-order valence-corrected chi connectivity index (χ1v) is 11.5. The molecule has 1 N–H and O–H groups in total. The first kappa shape index (κ1) is 23.0. The van der Waals surface area contributed by atoms with Crippen molar-refractivity contribution in [2.24, 2.45) is 0 Å². The summed E-state index contributed by atoms with van der Waals surface area (Å²) in [4.78, 5) is 22.9. The van der Waals surface area contributed by atoms with Crippen molar-refractivity contribution in [1.29, 1.82) is 0 Å². The number of fused-ring (bicyclic) bond motifs is 1. The minimum absolute atomic E-state index is 0.152. The summed E-state index contributed by atoms with van der Waals surface area (Å²) in [6, 6.07) is 13.6. The molecule has 3 aromatic rings. The molecule has 2 aromatic carbocycles. The average Bonchev–Trinajstić information content (AvgIpc) is 2.81. The molecule has 0 saturated carbocycles. The van der Waals surface area contributed by atoms with Crippen molar-refractivity contribution in [3.05, 3.63) is 58.7 Å². The van der Waals surface area contributed by atoms with Gasteiger partial charge in [0, 0.05) is 0 Å². The number of hydrogen-bond donors (Lipinski definition) is 1. The first-order chi connectivity index (χ1) is 15.5. The molecule has 1 aliphatic rings. The molecule has 1 aromatic heterocycles. The maximum atomic E-state index is 10.9. The van der Waals surface area contributed by atoms with Crippen molar-refractivity contribution in [1.82, 2.24) is 14.9 Å². The molecular formula is C24H24ClCoN3O3. The van der Waals surface area contributed by atoms with Gasteiger partial charge in [-0.2, -0.15) is 0 Å². The Bertz CT molecular complexity index is 1130. The van der Waals surface area contributed by atoms with Crippen LogP contribution in [0.5, 0.6) is 0 Å². The molecule has 8 heteroatoms. The van der Waals surface area contributed by atoms with E-state index in [1.54, 1.807) is 0 Å². The quantitative estimate of drug-likeness (QED) is 0.473. The van der Waals surface area contributed by atoms with E-state index in [9.17, 15) is 4.79 Å². The molecule has 0 radical (unpaired) electrons. The van der Waals surface area contributed by atoms with Crippen molar-refractivity contribution < 1.29 is 29.9 Å². The second-order valence-corrected chi connectivity index (χ2v) is 8.63. The van der Waals surface area contributed by atoms with E-state index in [-0.39, 0.29) is 6.42 Å². The van der Waals surface area contributed by atoms with Gasteiger partial charge in [0.25, 0.3) is 0 Å². The van der Waals surface area contributed by atoms with E-state index < -0.39 is 5.97 Å². The SMILES string of the molecule is O=C(O)CCCCc1nc2cc([C](=[Co])N3CCOCC3)ccc2nc1-c1ccc(Cl)cc1. The third-order valence-electron chi connectivity index (χ3n) is 5.41. The van der Waals surface area contributed by atoms with Gasteiger partial charge in [-0.15, -0.1) is 0 Å². The number of aliphatic carboxylic acids is 1. The number of carboxylic acids is 1. The van der Waals surface area contributed by atoms with Crippen LogP contribution in [0.4, 0.5) is 0 Å². The molecule has 0 amide bonds. The summed E-state index contributed by atoms with van der Waals surface area (Å²) >= 11 is 10.9. The van der Waals surface area contributed by atoms with Gasteiger partial charge in [-0.3, -0.25) is 0 Å². The van der Waals surface area contributed by atoms with Crippen molar-refractivity contribution in [3.63, 3.8) is 0 Å². The molecule has 1 aliphatic heterocycles. The summed E-state index contributed by atoms with van der Waals surface area (Å²) in [5, 5.41) is 9.60. The minimum atomic E-state index is -0.781. The van der Waals surface area contributed by atoms with Crippen LogP contribution in [0.25, 0.3) is 22.3 Å². The Morgan fingerprint density at radius 2 is 1.81 bits per heavy atom. The van der Waals surface area contributed by atoms with Crippen LogP contribution in [-0.2, 0) is 31.3 Å². The molecule has 1 fully saturated rings. The van der Waals surface area contributed by atoms with Gasteiger partial charge < -0.3 is 0 Å². The number of rotatable bonds is 8. The molecule has 1 saturated heterocycles. The van der Waals surface area contributed by atoms with Gasteiger partial charge in [-0.25, -0.2) is 0 Å². The molecule has 0 unspecified atom stereocenters. The van der Waals surface area contributed by atoms with E-state index >= 15 is 0 Å². The zero-order valence-corrected chi connectivity index (χ0v) is 19.3. The van der Waals surface area contributed by atoms with Crippen LogP contribution in [0, 0.1) is 0 Å². The van der Waals surface area contributed by atoms with E-state index in [4.69, 9.17) is 46.7 Å². The summed E-state index contributed by atoms with van der Waals surface area (Å²) in [5.41, 5.74) is 5.19. The molecule has 0 bridgehead atoms. The monoisotopic (exact) mass is 496 g/mol.